The van der Waals surface area contributed by atoms with Gasteiger partial charge >= 0.3 is 11.9 Å². The Morgan fingerprint density at radius 3 is 1.94 bits per heavy atom. The molecule has 2 aromatic rings. The van der Waals surface area contributed by atoms with E-state index in [4.69, 9.17) is 14.2 Å². The van der Waals surface area contributed by atoms with E-state index in [9.17, 15) is 18.8 Å². The highest BCUT2D eigenvalue weighted by Gasteiger charge is 2.18. The summed E-state index contributed by atoms with van der Waals surface area (Å²) in [6, 6.07) is 10.5. The molecule has 8 heteroatoms. The number of ether oxygens (including phenoxy) is 4. The topological polar surface area (TPSA) is 88.1 Å². The van der Waals surface area contributed by atoms with E-state index in [0.29, 0.717) is 16.9 Å². The number of esters is 2. The van der Waals surface area contributed by atoms with Crippen LogP contribution in [-0.2, 0) is 23.9 Å². The Kier molecular flexibility index (Phi) is 8.71. The summed E-state index contributed by atoms with van der Waals surface area (Å²) in [7, 11) is 0. The van der Waals surface area contributed by atoms with Gasteiger partial charge < -0.3 is 18.9 Å². The van der Waals surface area contributed by atoms with Crippen LogP contribution in [0, 0.1) is 5.82 Å². The molecule has 0 atom stereocenters. The normalized spacial score (nSPS) is 10.2. The molecule has 0 heterocycles. The molecule has 0 aliphatic rings. The van der Waals surface area contributed by atoms with Crippen molar-refractivity contribution < 1.29 is 37.7 Å². The van der Waals surface area contributed by atoms with E-state index in [1.807, 2.05) is 0 Å². The first-order chi connectivity index (χ1) is 15.2. The Bertz CT molecular complexity index is 982. The molecule has 32 heavy (non-hydrogen) atoms. The molecule has 0 aromatic heterocycles. The number of hydrogen-bond donors (Lipinski definition) is 0. The Hall–Kier alpha value is -3.94. The maximum Gasteiger partial charge on any atom is 0.333 e. The third-order valence-corrected chi connectivity index (χ3v) is 4.09. The van der Waals surface area contributed by atoms with E-state index >= 15 is 0 Å². The highest BCUT2D eigenvalue weighted by Crippen LogP contribution is 2.28. The Morgan fingerprint density at radius 1 is 0.938 bits per heavy atom. The lowest BCUT2D eigenvalue weighted by atomic mass is 10.0. The van der Waals surface area contributed by atoms with Gasteiger partial charge in [0.05, 0.1) is 0 Å². The van der Waals surface area contributed by atoms with Gasteiger partial charge in [-0.1, -0.05) is 25.3 Å². The second kappa shape index (κ2) is 11.5. The fourth-order valence-corrected chi connectivity index (χ4v) is 2.46. The zero-order chi connectivity index (χ0) is 23.7. The van der Waals surface area contributed by atoms with Crippen molar-refractivity contribution >= 4 is 18.4 Å². The summed E-state index contributed by atoms with van der Waals surface area (Å²) < 4.78 is 34.9. The van der Waals surface area contributed by atoms with E-state index < -0.39 is 23.9 Å². The van der Waals surface area contributed by atoms with E-state index in [1.54, 1.807) is 24.3 Å². The van der Waals surface area contributed by atoms with Gasteiger partial charge in [-0.2, -0.15) is 0 Å². The maximum absolute atomic E-state index is 14.3. The lowest BCUT2D eigenvalue weighted by molar-refractivity contribution is -0.146. The van der Waals surface area contributed by atoms with Gasteiger partial charge in [0.1, 0.15) is 30.5 Å². The molecule has 0 bridgehead atoms. The zero-order valence-corrected chi connectivity index (χ0v) is 17.8. The predicted molar refractivity (Wildman–Crippen MR) is 114 cm³/mol. The molecule has 0 radical (unpaired) electrons. The number of carbonyl (C=O) groups is 3. The van der Waals surface area contributed by atoms with Gasteiger partial charge in [-0.05, 0) is 43.7 Å². The minimum Gasteiger partial charge on any atom is -0.483 e. The first-order valence-corrected chi connectivity index (χ1v) is 9.53. The quantitative estimate of drug-likeness (QED) is 0.295. The lowest BCUT2D eigenvalue weighted by Gasteiger charge is -2.19. The van der Waals surface area contributed by atoms with Crippen molar-refractivity contribution in [2.75, 3.05) is 13.2 Å². The number of rotatable bonds is 11. The Morgan fingerprint density at radius 2 is 1.47 bits per heavy atom. The van der Waals surface area contributed by atoms with Gasteiger partial charge in [-0.3, -0.25) is 4.79 Å². The van der Waals surface area contributed by atoms with Crippen LogP contribution in [0.5, 0.6) is 11.5 Å². The number of halogens is 1. The molecule has 0 saturated carbocycles. The summed E-state index contributed by atoms with van der Waals surface area (Å²) in [6.07, 6.45) is -0.788. The van der Waals surface area contributed by atoms with Gasteiger partial charge in [0, 0.05) is 22.8 Å². The second-order valence-corrected chi connectivity index (χ2v) is 6.88. The van der Waals surface area contributed by atoms with Gasteiger partial charge in [-0.25, -0.2) is 14.0 Å². The minimum absolute atomic E-state index is 0.0951. The van der Waals surface area contributed by atoms with Crippen molar-refractivity contribution in [3.05, 3.63) is 72.6 Å². The molecular formula is C24H23FO7. The molecule has 0 spiro atoms. The fourth-order valence-electron chi connectivity index (χ4n) is 2.46. The van der Waals surface area contributed by atoms with Crippen LogP contribution in [0.4, 0.5) is 4.39 Å². The van der Waals surface area contributed by atoms with Gasteiger partial charge in [-0.15, -0.1) is 0 Å². The van der Waals surface area contributed by atoms with E-state index in [0.717, 1.165) is 6.07 Å². The molecule has 0 aliphatic heterocycles. The highest BCUT2D eigenvalue weighted by atomic mass is 19.1. The van der Waals surface area contributed by atoms with Crippen LogP contribution in [0.25, 0.3) is 11.1 Å². The summed E-state index contributed by atoms with van der Waals surface area (Å²) in [5.41, 5.74) is 1.31. The molecule has 7 nitrogen and oxygen atoms in total. The molecule has 0 saturated heterocycles. The minimum atomic E-state index is -0.788. The predicted octanol–water partition coefficient (Wildman–Crippen LogP) is 4.01. The lowest BCUT2D eigenvalue weighted by Crippen LogP contribution is -2.31. The van der Waals surface area contributed by atoms with E-state index in [-0.39, 0.29) is 36.6 Å². The van der Waals surface area contributed by atoms with Crippen LogP contribution < -0.4 is 9.47 Å². The first-order valence-electron chi connectivity index (χ1n) is 9.53. The Labute approximate surface area is 185 Å². The molecule has 168 valence electrons. The van der Waals surface area contributed by atoms with Gasteiger partial charge in [0.2, 0.25) is 0 Å². The second-order valence-electron chi connectivity index (χ2n) is 6.88. The molecule has 0 fully saturated rings. The van der Waals surface area contributed by atoms with Crippen LogP contribution >= 0.6 is 0 Å². The summed E-state index contributed by atoms with van der Waals surface area (Å²) in [6.45, 7) is 9.90. The van der Waals surface area contributed by atoms with Crippen molar-refractivity contribution in [2.45, 2.75) is 20.0 Å². The van der Waals surface area contributed by atoms with Crippen molar-refractivity contribution in [1.29, 1.82) is 0 Å². The smallest absolute Gasteiger partial charge is 0.333 e. The largest absolute Gasteiger partial charge is 0.483 e. The number of hydrogen-bond acceptors (Lipinski definition) is 7. The van der Waals surface area contributed by atoms with Crippen molar-refractivity contribution in [2.24, 2.45) is 0 Å². The number of carbonyl (C=O) groups excluding carboxylic acids is 3. The first kappa shape index (κ1) is 24.3. The molecule has 0 aliphatic carbocycles. The molecule has 2 aromatic carbocycles. The fraction of sp³-hybridized carbons (Fsp3) is 0.208. The zero-order valence-electron chi connectivity index (χ0n) is 17.8. The third-order valence-electron chi connectivity index (χ3n) is 4.09. The molecule has 0 unspecified atom stereocenters. The molecule has 0 amide bonds. The summed E-state index contributed by atoms with van der Waals surface area (Å²) in [4.78, 5) is 33.7. The van der Waals surface area contributed by atoms with E-state index in [2.05, 4.69) is 17.9 Å². The highest BCUT2D eigenvalue weighted by molar-refractivity contribution is 5.87. The molecular weight excluding hydrogens is 419 g/mol. The van der Waals surface area contributed by atoms with Crippen molar-refractivity contribution in [1.82, 2.24) is 0 Å². The van der Waals surface area contributed by atoms with Crippen LogP contribution in [0.15, 0.2) is 66.8 Å². The maximum atomic E-state index is 14.3. The van der Waals surface area contributed by atoms with Crippen LogP contribution in [0.2, 0.25) is 0 Å². The molecule has 0 N–H and O–H groups in total. The van der Waals surface area contributed by atoms with Gasteiger partial charge in [0.15, 0.2) is 6.10 Å². The average Bonchev–Trinajstić information content (AvgIpc) is 2.76. The van der Waals surface area contributed by atoms with E-state index in [1.165, 1.54) is 26.0 Å². The Balaban J connectivity index is 2.11. The SMILES string of the molecule is C=C(C)C(=O)OCC(COC(=O)C(=C)C)Oc1ccc(-c2ccc(OC=O)cc2F)cc1. The van der Waals surface area contributed by atoms with Crippen molar-refractivity contribution in [3.8, 4) is 22.6 Å². The molecule has 2 rings (SSSR count). The van der Waals surface area contributed by atoms with Crippen LogP contribution in [0.3, 0.4) is 0 Å². The summed E-state index contributed by atoms with van der Waals surface area (Å²) in [5.74, 6) is -1.28. The van der Waals surface area contributed by atoms with Crippen molar-refractivity contribution in [3.63, 3.8) is 0 Å². The third kappa shape index (κ3) is 7.09. The standard InChI is InChI=1S/C24H23FO7/c1-15(2)23(27)29-12-20(13-30-24(28)16(3)4)32-18-7-5-17(6-8-18)21-10-9-19(31-14-26)11-22(21)25/h5-11,14,20H,1,3,12-13H2,2,4H3. The van der Waals surface area contributed by atoms with Gasteiger partial charge in [0.25, 0.3) is 6.47 Å². The summed E-state index contributed by atoms with van der Waals surface area (Å²) in [5, 5.41) is 0. The average molecular weight is 442 g/mol. The summed E-state index contributed by atoms with van der Waals surface area (Å²) >= 11 is 0. The number of benzene rings is 2. The van der Waals surface area contributed by atoms with Crippen LogP contribution in [0.1, 0.15) is 13.8 Å². The van der Waals surface area contributed by atoms with Crippen LogP contribution in [-0.4, -0.2) is 37.7 Å². The monoisotopic (exact) mass is 442 g/mol.